The van der Waals surface area contributed by atoms with Crippen molar-refractivity contribution in [1.29, 1.82) is 0 Å². The Labute approximate surface area is 113 Å². The summed E-state index contributed by atoms with van der Waals surface area (Å²) in [6.45, 7) is 2.16. The average molecular weight is 278 g/mol. The highest BCUT2D eigenvalue weighted by molar-refractivity contribution is 7.18. The van der Waals surface area contributed by atoms with Crippen LogP contribution in [-0.2, 0) is 16.0 Å². The van der Waals surface area contributed by atoms with Crippen molar-refractivity contribution in [3.63, 3.8) is 0 Å². The summed E-state index contributed by atoms with van der Waals surface area (Å²) in [6.07, 6.45) is 4.00. The van der Waals surface area contributed by atoms with E-state index in [-0.39, 0.29) is 17.4 Å². The largest absolute Gasteiger partial charge is 0.466 e. The lowest BCUT2D eigenvalue weighted by atomic mass is 9.86. The van der Waals surface area contributed by atoms with Gasteiger partial charge in [0.2, 0.25) is 0 Å². The topological polar surface area (TPSA) is 72.0 Å². The van der Waals surface area contributed by atoms with Crippen LogP contribution in [-0.4, -0.2) is 22.5 Å². The summed E-state index contributed by atoms with van der Waals surface area (Å²) >= 11 is 1.51. The molecule has 6 heteroatoms. The van der Waals surface area contributed by atoms with Crippen LogP contribution >= 0.6 is 11.3 Å². The highest BCUT2D eigenvalue weighted by Crippen LogP contribution is 2.40. The Kier molecular flexibility index (Phi) is 3.10. The van der Waals surface area contributed by atoms with E-state index in [1.807, 2.05) is 0 Å². The zero-order valence-corrected chi connectivity index (χ0v) is 11.4. The van der Waals surface area contributed by atoms with E-state index in [0.29, 0.717) is 16.8 Å². The second-order valence-electron chi connectivity index (χ2n) is 4.55. The van der Waals surface area contributed by atoms with Crippen LogP contribution in [0.3, 0.4) is 0 Å². The third kappa shape index (κ3) is 1.96. The van der Waals surface area contributed by atoms with E-state index in [1.165, 1.54) is 17.7 Å². The van der Waals surface area contributed by atoms with E-state index in [9.17, 15) is 9.59 Å². The van der Waals surface area contributed by atoms with E-state index in [1.54, 1.807) is 6.92 Å². The van der Waals surface area contributed by atoms with Crippen LogP contribution in [0.15, 0.2) is 11.1 Å². The molecule has 1 atom stereocenters. The Bertz CT molecular complexity index is 689. The second-order valence-corrected chi connectivity index (χ2v) is 5.63. The maximum Gasteiger partial charge on any atom is 0.313 e. The SMILES string of the molecule is CCOC(=O)C1CCCc2sc3nc[nH]c(=O)c3c21. The summed E-state index contributed by atoms with van der Waals surface area (Å²) in [5.74, 6) is -0.547. The van der Waals surface area contributed by atoms with Gasteiger partial charge in [0.1, 0.15) is 4.83 Å². The highest BCUT2D eigenvalue weighted by atomic mass is 32.1. The number of thiophene rings is 1. The predicted molar refractivity (Wildman–Crippen MR) is 72.6 cm³/mol. The zero-order chi connectivity index (χ0) is 13.4. The van der Waals surface area contributed by atoms with Gasteiger partial charge in [0.15, 0.2) is 0 Å². The first kappa shape index (κ1) is 12.3. The first-order valence-electron chi connectivity index (χ1n) is 6.38. The van der Waals surface area contributed by atoms with Crippen LogP contribution in [0.5, 0.6) is 0 Å². The molecule has 0 saturated carbocycles. The van der Waals surface area contributed by atoms with Gasteiger partial charge in [-0.25, -0.2) is 4.98 Å². The van der Waals surface area contributed by atoms with Crippen molar-refractivity contribution in [3.05, 3.63) is 27.1 Å². The van der Waals surface area contributed by atoms with Gasteiger partial charge in [-0.2, -0.15) is 0 Å². The average Bonchev–Trinajstić information content (AvgIpc) is 2.78. The van der Waals surface area contributed by atoms with Crippen LogP contribution < -0.4 is 5.56 Å². The van der Waals surface area contributed by atoms with Crippen molar-refractivity contribution in [1.82, 2.24) is 9.97 Å². The number of esters is 1. The Morgan fingerprint density at radius 2 is 2.47 bits per heavy atom. The van der Waals surface area contributed by atoms with E-state index in [2.05, 4.69) is 9.97 Å². The number of fused-ring (bicyclic) bond motifs is 3. The van der Waals surface area contributed by atoms with Crippen LogP contribution in [0.1, 0.15) is 36.1 Å². The molecule has 3 rings (SSSR count). The van der Waals surface area contributed by atoms with Gasteiger partial charge in [0.05, 0.1) is 24.2 Å². The summed E-state index contributed by atoms with van der Waals surface area (Å²) in [6, 6.07) is 0. The van der Waals surface area contributed by atoms with Crippen molar-refractivity contribution in [2.24, 2.45) is 0 Å². The molecule has 0 saturated heterocycles. The number of H-pyrrole nitrogens is 1. The van der Waals surface area contributed by atoms with Gasteiger partial charge in [-0.05, 0) is 31.7 Å². The lowest BCUT2D eigenvalue weighted by Crippen LogP contribution is -2.21. The summed E-state index contributed by atoms with van der Waals surface area (Å²) in [5, 5.41) is 0.570. The van der Waals surface area contributed by atoms with E-state index >= 15 is 0 Å². The number of nitrogens with zero attached hydrogens (tertiary/aromatic N) is 1. The summed E-state index contributed by atoms with van der Waals surface area (Å²) in [4.78, 5) is 32.7. The fraction of sp³-hybridized carbons (Fsp3) is 0.462. The first-order chi connectivity index (χ1) is 9.22. The molecule has 1 N–H and O–H groups in total. The van der Waals surface area contributed by atoms with Crippen LogP contribution in [0.25, 0.3) is 10.2 Å². The highest BCUT2D eigenvalue weighted by Gasteiger charge is 2.32. The molecule has 0 spiro atoms. The normalized spacial score (nSPS) is 18.3. The number of rotatable bonds is 2. The molecule has 0 aromatic carbocycles. The van der Waals surface area contributed by atoms with Crippen molar-refractivity contribution < 1.29 is 9.53 Å². The number of hydrogen-bond acceptors (Lipinski definition) is 5. The third-order valence-electron chi connectivity index (χ3n) is 3.42. The summed E-state index contributed by atoms with van der Waals surface area (Å²) in [5.41, 5.74) is 0.678. The van der Waals surface area contributed by atoms with Gasteiger partial charge < -0.3 is 9.72 Å². The van der Waals surface area contributed by atoms with Gasteiger partial charge >= 0.3 is 5.97 Å². The first-order valence-corrected chi connectivity index (χ1v) is 7.19. The van der Waals surface area contributed by atoms with Gasteiger partial charge in [-0.1, -0.05) is 0 Å². The molecule has 1 aliphatic carbocycles. The molecule has 0 amide bonds. The summed E-state index contributed by atoms with van der Waals surface area (Å²) in [7, 11) is 0. The Morgan fingerprint density at radius 1 is 1.63 bits per heavy atom. The molecule has 1 aliphatic rings. The van der Waals surface area contributed by atoms with Gasteiger partial charge in [-0.15, -0.1) is 11.3 Å². The molecule has 19 heavy (non-hydrogen) atoms. The molecule has 2 heterocycles. The quantitative estimate of drug-likeness (QED) is 0.852. The van der Waals surface area contributed by atoms with Crippen molar-refractivity contribution in [2.45, 2.75) is 32.1 Å². The number of hydrogen-bond donors (Lipinski definition) is 1. The van der Waals surface area contributed by atoms with Crippen molar-refractivity contribution in [2.75, 3.05) is 6.61 Å². The second kappa shape index (κ2) is 4.77. The van der Waals surface area contributed by atoms with Crippen LogP contribution in [0.4, 0.5) is 0 Å². The van der Waals surface area contributed by atoms with Gasteiger partial charge in [-0.3, -0.25) is 9.59 Å². The number of nitrogens with one attached hydrogen (secondary N) is 1. The number of carbonyl (C=O) groups excluding carboxylic acids is 1. The van der Waals surface area contributed by atoms with Crippen LogP contribution in [0, 0.1) is 0 Å². The molecule has 1 unspecified atom stereocenters. The van der Waals surface area contributed by atoms with E-state index < -0.39 is 0 Å². The molecule has 2 aromatic heterocycles. The zero-order valence-electron chi connectivity index (χ0n) is 10.6. The Balaban J connectivity index is 2.20. The molecule has 0 radical (unpaired) electrons. The van der Waals surface area contributed by atoms with Gasteiger partial charge in [0, 0.05) is 4.88 Å². The standard InChI is InChI=1S/C13H14N2O3S/c1-2-18-13(17)7-4-3-5-8-9(7)10-11(16)14-6-15-12(10)19-8/h6-7H,2-5H2,1H3,(H,14,15,16). The Hall–Kier alpha value is -1.69. The van der Waals surface area contributed by atoms with Gasteiger partial charge in [0.25, 0.3) is 5.56 Å². The molecular formula is C13H14N2O3S. The molecule has 0 fully saturated rings. The monoisotopic (exact) mass is 278 g/mol. The van der Waals surface area contributed by atoms with E-state index in [4.69, 9.17) is 4.74 Å². The minimum atomic E-state index is -0.317. The molecule has 0 aliphatic heterocycles. The minimum absolute atomic E-state index is 0.168. The summed E-state index contributed by atoms with van der Waals surface area (Å²) < 4.78 is 5.13. The Morgan fingerprint density at radius 3 is 3.26 bits per heavy atom. The third-order valence-corrected chi connectivity index (χ3v) is 4.60. The lowest BCUT2D eigenvalue weighted by molar-refractivity contribution is -0.145. The molecule has 5 nitrogen and oxygen atoms in total. The van der Waals surface area contributed by atoms with Crippen LogP contribution in [0.2, 0.25) is 0 Å². The maximum atomic E-state index is 12.1. The lowest BCUT2D eigenvalue weighted by Gasteiger charge is -2.20. The fourth-order valence-electron chi connectivity index (χ4n) is 2.65. The maximum absolute atomic E-state index is 12.1. The molecule has 2 aromatic rings. The predicted octanol–water partition coefficient (Wildman–Crippen LogP) is 1.97. The number of aryl methyl sites for hydroxylation is 1. The van der Waals surface area contributed by atoms with Crippen molar-refractivity contribution in [3.8, 4) is 0 Å². The molecule has 0 bridgehead atoms. The number of aromatic amines is 1. The fourth-order valence-corrected chi connectivity index (χ4v) is 3.90. The number of aromatic nitrogens is 2. The number of ether oxygens (including phenoxy) is 1. The number of carbonyl (C=O) groups is 1. The minimum Gasteiger partial charge on any atom is -0.466 e. The molecule has 100 valence electrons. The van der Waals surface area contributed by atoms with Crippen molar-refractivity contribution >= 4 is 27.5 Å². The molecular weight excluding hydrogens is 264 g/mol. The van der Waals surface area contributed by atoms with E-state index in [0.717, 1.165) is 29.7 Å². The smallest absolute Gasteiger partial charge is 0.313 e.